The lowest BCUT2D eigenvalue weighted by atomic mass is 10.1. The summed E-state index contributed by atoms with van der Waals surface area (Å²) >= 11 is 0. The zero-order valence-electron chi connectivity index (χ0n) is 14.8. The first kappa shape index (κ1) is 18.8. The Kier molecular flexibility index (Phi) is 5.36. The van der Waals surface area contributed by atoms with Gasteiger partial charge in [-0.2, -0.15) is 0 Å². The fraction of sp³-hybridized carbons (Fsp3) is 0.211. The molecule has 0 radical (unpaired) electrons. The standard InChI is InChI=1S/C19H20N2O5S/c1-3-10-21(27(2,23)24)16-7-5-15(6-8-16)19(22)20-12-14-4-9-17-18(11-14)26-13-25-17/h3-9,11H,1,10,12-13H2,2H3,(H,20,22). The van der Waals surface area contributed by atoms with Crippen molar-refractivity contribution in [1.82, 2.24) is 5.32 Å². The van der Waals surface area contributed by atoms with E-state index in [0.717, 1.165) is 11.8 Å². The molecule has 0 bridgehead atoms. The number of fused-ring (bicyclic) bond motifs is 1. The van der Waals surface area contributed by atoms with Gasteiger partial charge in [-0.3, -0.25) is 9.10 Å². The lowest BCUT2D eigenvalue weighted by Crippen LogP contribution is -2.30. The summed E-state index contributed by atoms with van der Waals surface area (Å²) < 4.78 is 35.5. The number of sulfonamides is 1. The lowest BCUT2D eigenvalue weighted by Gasteiger charge is -2.20. The van der Waals surface area contributed by atoms with Gasteiger partial charge in [0.05, 0.1) is 18.5 Å². The molecule has 0 saturated heterocycles. The van der Waals surface area contributed by atoms with Gasteiger partial charge in [-0.25, -0.2) is 8.42 Å². The van der Waals surface area contributed by atoms with E-state index in [4.69, 9.17) is 9.47 Å². The van der Waals surface area contributed by atoms with Gasteiger partial charge in [-0.1, -0.05) is 12.1 Å². The highest BCUT2D eigenvalue weighted by molar-refractivity contribution is 7.92. The van der Waals surface area contributed by atoms with Crippen molar-refractivity contribution in [1.29, 1.82) is 0 Å². The van der Waals surface area contributed by atoms with Crippen molar-refractivity contribution in [2.24, 2.45) is 0 Å². The molecule has 0 atom stereocenters. The number of anilines is 1. The second-order valence-corrected chi connectivity index (χ2v) is 7.91. The third-order valence-electron chi connectivity index (χ3n) is 4.00. The van der Waals surface area contributed by atoms with Crippen molar-refractivity contribution in [3.05, 3.63) is 66.2 Å². The third-order valence-corrected chi connectivity index (χ3v) is 5.16. The van der Waals surface area contributed by atoms with Crippen LogP contribution in [-0.4, -0.2) is 33.9 Å². The van der Waals surface area contributed by atoms with E-state index in [9.17, 15) is 13.2 Å². The SMILES string of the molecule is C=CCN(c1ccc(C(=O)NCc2ccc3c(c2)OCO3)cc1)S(C)(=O)=O. The number of hydrogen-bond donors (Lipinski definition) is 1. The van der Waals surface area contributed by atoms with Crippen molar-refractivity contribution in [2.75, 3.05) is 23.9 Å². The molecule has 1 N–H and O–H groups in total. The molecule has 2 aromatic carbocycles. The fourth-order valence-electron chi connectivity index (χ4n) is 2.66. The molecule has 0 aliphatic carbocycles. The van der Waals surface area contributed by atoms with Gasteiger partial charge < -0.3 is 14.8 Å². The number of benzene rings is 2. The topological polar surface area (TPSA) is 84.9 Å². The predicted octanol–water partition coefficient (Wildman–Crippen LogP) is 2.30. The predicted molar refractivity (Wildman–Crippen MR) is 103 cm³/mol. The van der Waals surface area contributed by atoms with Crippen LogP contribution in [0.2, 0.25) is 0 Å². The molecule has 0 saturated carbocycles. The first-order chi connectivity index (χ1) is 12.9. The van der Waals surface area contributed by atoms with Crippen molar-refractivity contribution in [2.45, 2.75) is 6.54 Å². The molecule has 3 rings (SSSR count). The summed E-state index contributed by atoms with van der Waals surface area (Å²) in [6, 6.07) is 11.9. The fourth-order valence-corrected chi connectivity index (χ4v) is 3.54. The van der Waals surface area contributed by atoms with E-state index in [-0.39, 0.29) is 19.2 Å². The molecule has 142 valence electrons. The quantitative estimate of drug-likeness (QED) is 0.736. The van der Waals surface area contributed by atoms with E-state index in [1.165, 1.54) is 10.4 Å². The molecule has 1 heterocycles. The van der Waals surface area contributed by atoms with Gasteiger partial charge in [0.1, 0.15) is 0 Å². The Morgan fingerprint density at radius 1 is 1.19 bits per heavy atom. The Balaban J connectivity index is 1.66. The molecular formula is C19H20N2O5S. The first-order valence-electron chi connectivity index (χ1n) is 8.24. The first-order valence-corrected chi connectivity index (χ1v) is 10.1. The van der Waals surface area contributed by atoms with Crippen LogP contribution in [0.5, 0.6) is 11.5 Å². The summed E-state index contributed by atoms with van der Waals surface area (Å²) in [6.45, 7) is 4.27. The van der Waals surface area contributed by atoms with Crippen LogP contribution in [0.1, 0.15) is 15.9 Å². The molecule has 2 aromatic rings. The third kappa shape index (κ3) is 4.40. The van der Waals surface area contributed by atoms with Crippen LogP contribution in [0, 0.1) is 0 Å². The molecular weight excluding hydrogens is 368 g/mol. The molecule has 1 amide bonds. The van der Waals surface area contributed by atoms with Crippen molar-refractivity contribution in [3.8, 4) is 11.5 Å². The highest BCUT2D eigenvalue weighted by Gasteiger charge is 2.17. The van der Waals surface area contributed by atoms with Gasteiger partial charge in [-0.05, 0) is 42.0 Å². The number of nitrogens with one attached hydrogen (secondary N) is 1. The number of hydrogen-bond acceptors (Lipinski definition) is 5. The van der Waals surface area contributed by atoms with Gasteiger partial charge in [0.15, 0.2) is 11.5 Å². The van der Waals surface area contributed by atoms with Crippen LogP contribution in [0.3, 0.4) is 0 Å². The van der Waals surface area contributed by atoms with Gasteiger partial charge in [0.25, 0.3) is 5.91 Å². The van der Waals surface area contributed by atoms with Crippen molar-refractivity contribution >= 4 is 21.6 Å². The van der Waals surface area contributed by atoms with E-state index < -0.39 is 10.0 Å². The van der Waals surface area contributed by atoms with Crippen LogP contribution < -0.4 is 19.1 Å². The summed E-state index contributed by atoms with van der Waals surface area (Å²) in [7, 11) is -3.43. The number of carbonyl (C=O) groups is 1. The molecule has 1 aliphatic heterocycles. The minimum absolute atomic E-state index is 0.161. The maximum Gasteiger partial charge on any atom is 0.251 e. The molecule has 7 nitrogen and oxygen atoms in total. The molecule has 0 aromatic heterocycles. The zero-order valence-corrected chi connectivity index (χ0v) is 15.7. The summed E-state index contributed by atoms with van der Waals surface area (Å²) in [5.41, 5.74) is 1.80. The summed E-state index contributed by atoms with van der Waals surface area (Å²) in [6.07, 6.45) is 2.63. The number of rotatable bonds is 7. The van der Waals surface area contributed by atoms with Crippen LogP contribution in [-0.2, 0) is 16.6 Å². The normalized spacial score (nSPS) is 12.5. The van der Waals surface area contributed by atoms with E-state index in [1.807, 2.05) is 12.1 Å². The Morgan fingerprint density at radius 3 is 2.56 bits per heavy atom. The Bertz CT molecular complexity index is 955. The number of carbonyl (C=O) groups excluding carboxylic acids is 1. The Labute approximate surface area is 158 Å². The van der Waals surface area contributed by atoms with Crippen LogP contribution >= 0.6 is 0 Å². The maximum absolute atomic E-state index is 12.3. The molecule has 8 heteroatoms. The highest BCUT2D eigenvalue weighted by atomic mass is 32.2. The molecule has 27 heavy (non-hydrogen) atoms. The van der Waals surface area contributed by atoms with Crippen LogP contribution in [0.4, 0.5) is 5.69 Å². The second kappa shape index (κ2) is 7.71. The van der Waals surface area contributed by atoms with Gasteiger partial charge in [-0.15, -0.1) is 6.58 Å². The van der Waals surface area contributed by atoms with E-state index in [0.29, 0.717) is 29.3 Å². The molecule has 0 fully saturated rings. The van der Waals surface area contributed by atoms with Gasteiger partial charge in [0, 0.05) is 12.1 Å². The summed E-state index contributed by atoms with van der Waals surface area (Å²) in [4.78, 5) is 12.3. The monoisotopic (exact) mass is 388 g/mol. The Morgan fingerprint density at radius 2 is 1.89 bits per heavy atom. The smallest absolute Gasteiger partial charge is 0.251 e. The van der Waals surface area contributed by atoms with E-state index in [1.54, 1.807) is 30.3 Å². The van der Waals surface area contributed by atoms with Crippen molar-refractivity contribution in [3.63, 3.8) is 0 Å². The average molecular weight is 388 g/mol. The number of ether oxygens (including phenoxy) is 2. The van der Waals surface area contributed by atoms with Gasteiger partial charge >= 0.3 is 0 Å². The minimum atomic E-state index is -3.43. The van der Waals surface area contributed by atoms with Crippen LogP contribution in [0.25, 0.3) is 0 Å². The maximum atomic E-state index is 12.3. The van der Waals surface area contributed by atoms with Gasteiger partial charge in [0.2, 0.25) is 16.8 Å². The van der Waals surface area contributed by atoms with E-state index >= 15 is 0 Å². The molecule has 0 unspecified atom stereocenters. The molecule has 0 spiro atoms. The number of amides is 1. The van der Waals surface area contributed by atoms with Crippen LogP contribution in [0.15, 0.2) is 55.1 Å². The highest BCUT2D eigenvalue weighted by Crippen LogP contribution is 2.32. The molecule has 1 aliphatic rings. The Hall–Kier alpha value is -3.00. The average Bonchev–Trinajstić information content (AvgIpc) is 3.11. The number of nitrogens with zero attached hydrogens (tertiary/aromatic N) is 1. The lowest BCUT2D eigenvalue weighted by molar-refractivity contribution is 0.0951. The largest absolute Gasteiger partial charge is 0.454 e. The zero-order chi connectivity index (χ0) is 19.4. The summed E-state index contributed by atoms with van der Waals surface area (Å²) in [5, 5.41) is 2.83. The van der Waals surface area contributed by atoms with Crippen molar-refractivity contribution < 1.29 is 22.7 Å². The van der Waals surface area contributed by atoms with E-state index in [2.05, 4.69) is 11.9 Å². The minimum Gasteiger partial charge on any atom is -0.454 e. The second-order valence-electron chi connectivity index (χ2n) is 6.00. The summed E-state index contributed by atoms with van der Waals surface area (Å²) in [5.74, 6) is 1.10.